The predicted octanol–water partition coefficient (Wildman–Crippen LogP) is 3.90. The molecule has 0 aliphatic rings. The molecule has 4 heteroatoms. The second-order valence-electron chi connectivity index (χ2n) is 5.13. The van der Waals surface area contributed by atoms with Gasteiger partial charge >= 0.3 is 6.16 Å². The Morgan fingerprint density at radius 3 is 2.18 bits per heavy atom. The summed E-state index contributed by atoms with van der Waals surface area (Å²) in [5.41, 5.74) is 1.02. The standard InChI is InChI=1S/C18H20O4/c1-18(22-17(19)20-2,16-11-7-4-8-12-16)14-21-13-15-9-5-3-6-10-15/h3-12H,13-14H2,1-2H3. The number of ether oxygens (including phenoxy) is 3. The van der Waals surface area contributed by atoms with E-state index in [0.717, 1.165) is 11.1 Å². The second kappa shape index (κ2) is 7.61. The molecule has 0 aromatic heterocycles. The number of methoxy groups -OCH3 is 1. The predicted molar refractivity (Wildman–Crippen MR) is 83.4 cm³/mol. The zero-order valence-electron chi connectivity index (χ0n) is 12.8. The summed E-state index contributed by atoms with van der Waals surface area (Å²) in [6, 6.07) is 19.3. The van der Waals surface area contributed by atoms with Crippen molar-refractivity contribution in [2.24, 2.45) is 0 Å². The fourth-order valence-electron chi connectivity index (χ4n) is 2.13. The van der Waals surface area contributed by atoms with Crippen LogP contribution in [0.4, 0.5) is 4.79 Å². The van der Waals surface area contributed by atoms with E-state index in [1.54, 1.807) is 0 Å². The van der Waals surface area contributed by atoms with E-state index in [-0.39, 0.29) is 6.61 Å². The van der Waals surface area contributed by atoms with Gasteiger partial charge in [-0.2, -0.15) is 0 Å². The van der Waals surface area contributed by atoms with Crippen molar-refractivity contribution in [3.05, 3.63) is 71.8 Å². The molecule has 2 aromatic carbocycles. The zero-order chi connectivity index (χ0) is 15.8. The summed E-state index contributed by atoms with van der Waals surface area (Å²) in [4.78, 5) is 11.5. The number of hydrogen-bond donors (Lipinski definition) is 0. The summed E-state index contributed by atoms with van der Waals surface area (Å²) >= 11 is 0. The molecule has 4 nitrogen and oxygen atoms in total. The van der Waals surface area contributed by atoms with Crippen molar-refractivity contribution in [2.75, 3.05) is 13.7 Å². The second-order valence-corrected chi connectivity index (χ2v) is 5.13. The summed E-state index contributed by atoms with van der Waals surface area (Å²) < 4.78 is 15.8. The highest BCUT2D eigenvalue weighted by atomic mass is 16.7. The SMILES string of the molecule is COC(=O)OC(C)(COCc1ccccc1)c1ccccc1. The maximum Gasteiger partial charge on any atom is 0.508 e. The van der Waals surface area contributed by atoms with Crippen molar-refractivity contribution < 1.29 is 19.0 Å². The summed E-state index contributed by atoms with van der Waals surface area (Å²) in [5.74, 6) is 0. The van der Waals surface area contributed by atoms with E-state index in [4.69, 9.17) is 9.47 Å². The minimum atomic E-state index is -0.900. The lowest BCUT2D eigenvalue weighted by molar-refractivity contribution is -0.0746. The van der Waals surface area contributed by atoms with E-state index in [1.165, 1.54) is 7.11 Å². The maximum atomic E-state index is 11.5. The Labute approximate surface area is 130 Å². The van der Waals surface area contributed by atoms with Gasteiger partial charge in [0, 0.05) is 0 Å². The van der Waals surface area contributed by atoms with Crippen molar-refractivity contribution in [1.29, 1.82) is 0 Å². The molecule has 0 aliphatic heterocycles. The number of hydrogen-bond acceptors (Lipinski definition) is 4. The normalized spacial score (nSPS) is 13.2. The molecule has 0 heterocycles. The van der Waals surface area contributed by atoms with Crippen molar-refractivity contribution >= 4 is 6.16 Å². The molecule has 1 unspecified atom stereocenters. The molecule has 0 N–H and O–H groups in total. The number of carbonyl (C=O) groups is 1. The lowest BCUT2D eigenvalue weighted by Gasteiger charge is -2.29. The molecule has 116 valence electrons. The van der Waals surface area contributed by atoms with Gasteiger partial charge in [-0.25, -0.2) is 4.79 Å². The van der Waals surface area contributed by atoms with E-state index < -0.39 is 11.8 Å². The summed E-state index contributed by atoms with van der Waals surface area (Å²) in [6.07, 6.45) is -0.727. The fourth-order valence-corrected chi connectivity index (χ4v) is 2.13. The van der Waals surface area contributed by atoms with Crippen LogP contribution >= 0.6 is 0 Å². The van der Waals surface area contributed by atoms with Gasteiger partial charge in [-0.3, -0.25) is 0 Å². The largest absolute Gasteiger partial charge is 0.508 e. The molecule has 0 radical (unpaired) electrons. The molecule has 0 aliphatic carbocycles. The first-order valence-electron chi connectivity index (χ1n) is 7.08. The smallest absolute Gasteiger partial charge is 0.438 e. The van der Waals surface area contributed by atoms with Crippen LogP contribution in [0.2, 0.25) is 0 Å². The molecule has 22 heavy (non-hydrogen) atoms. The van der Waals surface area contributed by atoms with Gasteiger partial charge in [0.25, 0.3) is 0 Å². The van der Waals surface area contributed by atoms with Gasteiger partial charge in [0.2, 0.25) is 0 Å². The highest BCUT2D eigenvalue weighted by Crippen LogP contribution is 2.26. The van der Waals surface area contributed by atoms with Crippen molar-refractivity contribution in [2.45, 2.75) is 19.1 Å². The molecule has 0 amide bonds. The first-order valence-corrected chi connectivity index (χ1v) is 7.08. The first kappa shape index (κ1) is 16.0. The van der Waals surface area contributed by atoms with Crippen LogP contribution in [0.5, 0.6) is 0 Å². The van der Waals surface area contributed by atoms with Crippen LogP contribution in [0.15, 0.2) is 60.7 Å². The average molecular weight is 300 g/mol. The van der Waals surface area contributed by atoms with Crippen LogP contribution in [-0.4, -0.2) is 19.9 Å². The Kier molecular flexibility index (Phi) is 5.55. The van der Waals surface area contributed by atoms with Gasteiger partial charge in [-0.05, 0) is 18.1 Å². The molecular formula is C18H20O4. The lowest BCUT2D eigenvalue weighted by atomic mass is 9.97. The van der Waals surface area contributed by atoms with Crippen LogP contribution in [0, 0.1) is 0 Å². The van der Waals surface area contributed by atoms with Gasteiger partial charge in [-0.15, -0.1) is 0 Å². The van der Waals surface area contributed by atoms with E-state index in [2.05, 4.69) is 4.74 Å². The molecule has 0 saturated heterocycles. The Morgan fingerprint density at radius 1 is 1.00 bits per heavy atom. The average Bonchev–Trinajstić information content (AvgIpc) is 2.56. The quantitative estimate of drug-likeness (QED) is 0.759. The fraction of sp³-hybridized carbons (Fsp3) is 0.278. The monoisotopic (exact) mass is 300 g/mol. The molecule has 0 bridgehead atoms. The van der Waals surface area contributed by atoms with Gasteiger partial charge in [0.1, 0.15) is 0 Å². The van der Waals surface area contributed by atoms with Gasteiger partial charge in [0.05, 0.1) is 20.3 Å². The third-order valence-corrected chi connectivity index (χ3v) is 3.35. The Morgan fingerprint density at radius 2 is 1.59 bits per heavy atom. The van der Waals surface area contributed by atoms with E-state index in [9.17, 15) is 4.79 Å². The minimum absolute atomic E-state index is 0.237. The molecule has 2 aromatic rings. The summed E-state index contributed by atoms with van der Waals surface area (Å²) in [7, 11) is 1.29. The van der Waals surface area contributed by atoms with Gasteiger partial charge < -0.3 is 14.2 Å². The van der Waals surface area contributed by atoms with E-state index >= 15 is 0 Å². The third kappa shape index (κ3) is 4.33. The summed E-state index contributed by atoms with van der Waals surface area (Å²) in [6.45, 7) is 2.50. The zero-order valence-corrected chi connectivity index (χ0v) is 12.8. The van der Waals surface area contributed by atoms with E-state index in [1.807, 2.05) is 67.6 Å². The molecule has 1 atom stereocenters. The van der Waals surface area contributed by atoms with E-state index in [0.29, 0.717) is 6.61 Å². The molecular weight excluding hydrogens is 280 g/mol. The Bertz CT molecular complexity index is 583. The number of carbonyl (C=O) groups excluding carboxylic acids is 1. The van der Waals surface area contributed by atoms with Crippen LogP contribution in [0.25, 0.3) is 0 Å². The van der Waals surface area contributed by atoms with Gasteiger partial charge in [-0.1, -0.05) is 60.7 Å². The number of benzene rings is 2. The summed E-state index contributed by atoms with van der Waals surface area (Å²) in [5, 5.41) is 0. The Hall–Kier alpha value is -2.33. The van der Waals surface area contributed by atoms with Crippen LogP contribution in [0.3, 0.4) is 0 Å². The topological polar surface area (TPSA) is 44.8 Å². The maximum absolute atomic E-state index is 11.5. The van der Waals surface area contributed by atoms with Crippen LogP contribution in [0.1, 0.15) is 18.1 Å². The highest BCUT2D eigenvalue weighted by molar-refractivity contribution is 5.60. The van der Waals surface area contributed by atoms with Crippen LogP contribution in [-0.2, 0) is 26.4 Å². The minimum Gasteiger partial charge on any atom is -0.438 e. The lowest BCUT2D eigenvalue weighted by Crippen LogP contribution is -2.34. The van der Waals surface area contributed by atoms with Gasteiger partial charge in [0.15, 0.2) is 5.60 Å². The third-order valence-electron chi connectivity index (χ3n) is 3.35. The first-order chi connectivity index (χ1) is 10.6. The molecule has 2 rings (SSSR count). The number of rotatable bonds is 6. The van der Waals surface area contributed by atoms with Crippen molar-refractivity contribution in [3.63, 3.8) is 0 Å². The van der Waals surface area contributed by atoms with Crippen molar-refractivity contribution in [1.82, 2.24) is 0 Å². The van der Waals surface area contributed by atoms with Crippen molar-refractivity contribution in [3.8, 4) is 0 Å². The van der Waals surface area contributed by atoms with Crippen LogP contribution < -0.4 is 0 Å². The molecule has 0 fully saturated rings. The molecule has 0 saturated carbocycles. The Balaban J connectivity index is 2.06. The molecule has 0 spiro atoms. The highest BCUT2D eigenvalue weighted by Gasteiger charge is 2.32.